The summed E-state index contributed by atoms with van der Waals surface area (Å²) in [5, 5.41) is 7.01. The van der Waals surface area contributed by atoms with Gasteiger partial charge in [0.2, 0.25) is 0 Å². The van der Waals surface area contributed by atoms with Gasteiger partial charge in [0.15, 0.2) is 0 Å². The summed E-state index contributed by atoms with van der Waals surface area (Å²) in [5.41, 5.74) is 3.92. The van der Waals surface area contributed by atoms with Gasteiger partial charge in [-0.15, -0.1) is 11.8 Å². The Labute approximate surface area is 158 Å². The molecule has 0 aliphatic rings. The molecule has 26 heavy (non-hydrogen) atoms. The van der Waals surface area contributed by atoms with Crippen LogP contribution in [0.15, 0.2) is 64.0 Å². The number of nitrogens with zero attached hydrogens (tertiary/aromatic N) is 1. The molecular formula is C21H22N2O2S. The Bertz CT molecular complexity index is 855. The molecule has 0 saturated carbocycles. The molecule has 3 rings (SSSR count). The summed E-state index contributed by atoms with van der Waals surface area (Å²) in [6, 6.07) is 17.9. The van der Waals surface area contributed by atoms with E-state index in [9.17, 15) is 4.79 Å². The summed E-state index contributed by atoms with van der Waals surface area (Å²) in [6.07, 6.45) is 0.820. The highest BCUT2D eigenvalue weighted by Crippen LogP contribution is 2.28. The van der Waals surface area contributed by atoms with Crippen LogP contribution in [0.5, 0.6) is 0 Å². The van der Waals surface area contributed by atoms with E-state index < -0.39 is 0 Å². The Morgan fingerprint density at radius 1 is 1.08 bits per heavy atom. The maximum atomic E-state index is 12.6. The molecule has 0 fully saturated rings. The topological polar surface area (TPSA) is 55.1 Å². The van der Waals surface area contributed by atoms with Crippen LogP contribution in [0.3, 0.4) is 0 Å². The third-order valence-electron chi connectivity index (χ3n) is 4.23. The van der Waals surface area contributed by atoms with Crippen LogP contribution in [0, 0.1) is 13.8 Å². The van der Waals surface area contributed by atoms with Crippen LogP contribution in [0.25, 0.3) is 0 Å². The number of nitrogens with one attached hydrogen (secondary N) is 1. The number of aromatic nitrogens is 1. The van der Waals surface area contributed by atoms with E-state index in [0.717, 1.165) is 34.1 Å². The van der Waals surface area contributed by atoms with Crippen molar-refractivity contribution in [2.24, 2.45) is 0 Å². The molecular weight excluding hydrogens is 344 g/mol. The molecule has 0 saturated heterocycles. The largest absolute Gasteiger partial charge is 0.361 e. The zero-order chi connectivity index (χ0) is 18.4. The predicted molar refractivity (Wildman–Crippen MR) is 104 cm³/mol. The molecule has 1 N–H and O–H groups in total. The molecule has 0 unspecified atom stereocenters. The Morgan fingerprint density at radius 2 is 1.81 bits per heavy atom. The zero-order valence-electron chi connectivity index (χ0n) is 15.0. The van der Waals surface area contributed by atoms with Crippen molar-refractivity contribution in [3.05, 3.63) is 82.7 Å². The molecule has 5 heteroatoms. The molecule has 2 aromatic carbocycles. The monoisotopic (exact) mass is 366 g/mol. The normalized spacial score (nSPS) is 10.7. The van der Waals surface area contributed by atoms with Crippen molar-refractivity contribution in [1.82, 2.24) is 10.5 Å². The third kappa shape index (κ3) is 4.55. The van der Waals surface area contributed by atoms with Gasteiger partial charge in [-0.3, -0.25) is 4.79 Å². The first-order valence-electron chi connectivity index (χ1n) is 8.61. The molecule has 0 spiro atoms. The number of rotatable bonds is 7. The molecule has 0 radical (unpaired) electrons. The van der Waals surface area contributed by atoms with Crippen molar-refractivity contribution in [2.45, 2.75) is 30.9 Å². The van der Waals surface area contributed by atoms with Gasteiger partial charge in [-0.1, -0.05) is 47.6 Å². The fourth-order valence-corrected chi connectivity index (χ4v) is 3.90. The van der Waals surface area contributed by atoms with Crippen molar-refractivity contribution in [3.63, 3.8) is 0 Å². The van der Waals surface area contributed by atoms with Gasteiger partial charge in [0.05, 0.1) is 11.3 Å². The maximum Gasteiger partial charge on any atom is 0.252 e. The molecule has 0 bridgehead atoms. The second-order valence-corrected chi connectivity index (χ2v) is 7.10. The van der Waals surface area contributed by atoms with E-state index in [1.807, 2.05) is 56.3 Å². The predicted octanol–water partition coefficient (Wildman–Crippen LogP) is 4.56. The number of aryl methyl sites for hydroxylation is 2. The number of benzene rings is 2. The summed E-state index contributed by atoms with van der Waals surface area (Å²) in [4.78, 5) is 13.6. The molecule has 1 heterocycles. The number of amides is 1. The number of carbonyl (C=O) groups excluding carboxylic acids is 1. The van der Waals surface area contributed by atoms with Gasteiger partial charge in [0.25, 0.3) is 5.91 Å². The van der Waals surface area contributed by atoms with Crippen LogP contribution in [-0.4, -0.2) is 17.6 Å². The average Bonchev–Trinajstić information content (AvgIpc) is 2.99. The van der Waals surface area contributed by atoms with Gasteiger partial charge in [-0.25, -0.2) is 0 Å². The van der Waals surface area contributed by atoms with E-state index in [2.05, 4.69) is 22.6 Å². The molecule has 1 amide bonds. The van der Waals surface area contributed by atoms with Crippen molar-refractivity contribution in [3.8, 4) is 0 Å². The second-order valence-electron chi connectivity index (χ2n) is 6.08. The van der Waals surface area contributed by atoms with Crippen LogP contribution in [0.4, 0.5) is 0 Å². The van der Waals surface area contributed by atoms with Gasteiger partial charge in [-0.2, -0.15) is 0 Å². The molecule has 134 valence electrons. The molecule has 3 aromatic rings. The van der Waals surface area contributed by atoms with Crippen LogP contribution >= 0.6 is 11.8 Å². The SMILES string of the molecule is Cc1noc(C)c1CSc1ccccc1C(=O)NCCc1ccccc1. The minimum Gasteiger partial charge on any atom is -0.361 e. The van der Waals surface area contributed by atoms with Gasteiger partial charge < -0.3 is 9.84 Å². The van der Waals surface area contributed by atoms with Gasteiger partial charge in [-0.05, 0) is 38.0 Å². The Balaban J connectivity index is 1.61. The highest BCUT2D eigenvalue weighted by molar-refractivity contribution is 7.98. The summed E-state index contributed by atoms with van der Waals surface area (Å²) < 4.78 is 5.21. The maximum absolute atomic E-state index is 12.6. The molecule has 0 aliphatic carbocycles. The Morgan fingerprint density at radius 3 is 2.54 bits per heavy atom. The Hall–Kier alpha value is -2.53. The summed E-state index contributed by atoms with van der Waals surface area (Å²) in [6.45, 7) is 4.47. The lowest BCUT2D eigenvalue weighted by molar-refractivity contribution is 0.0951. The number of carbonyl (C=O) groups is 1. The van der Waals surface area contributed by atoms with Crippen molar-refractivity contribution < 1.29 is 9.32 Å². The molecule has 4 nitrogen and oxygen atoms in total. The van der Waals surface area contributed by atoms with Crippen LogP contribution in [-0.2, 0) is 12.2 Å². The van der Waals surface area contributed by atoms with E-state index >= 15 is 0 Å². The van der Waals surface area contributed by atoms with Crippen LogP contribution in [0.1, 0.15) is 32.9 Å². The van der Waals surface area contributed by atoms with Crippen molar-refractivity contribution in [1.29, 1.82) is 0 Å². The third-order valence-corrected chi connectivity index (χ3v) is 5.33. The van der Waals surface area contributed by atoms with Crippen LogP contribution in [0.2, 0.25) is 0 Å². The van der Waals surface area contributed by atoms with Crippen molar-refractivity contribution in [2.75, 3.05) is 6.54 Å². The molecule has 1 aromatic heterocycles. The highest BCUT2D eigenvalue weighted by atomic mass is 32.2. The first kappa shape index (κ1) is 18.3. The number of hydrogen-bond acceptors (Lipinski definition) is 4. The second kappa shape index (κ2) is 8.72. The number of thioether (sulfide) groups is 1. The quantitative estimate of drug-likeness (QED) is 0.623. The zero-order valence-corrected chi connectivity index (χ0v) is 15.8. The highest BCUT2D eigenvalue weighted by Gasteiger charge is 2.14. The first-order chi connectivity index (χ1) is 12.6. The lowest BCUT2D eigenvalue weighted by atomic mass is 10.1. The average molecular weight is 366 g/mol. The van der Waals surface area contributed by atoms with Gasteiger partial charge in [0.1, 0.15) is 5.76 Å². The molecule has 0 atom stereocenters. The summed E-state index contributed by atoms with van der Waals surface area (Å²) in [5.74, 6) is 1.53. The molecule has 0 aliphatic heterocycles. The minimum atomic E-state index is -0.0391. The smallest absolute Gasteiger partial charge is 0.252 e. The first-order valence-corrected chi connectivity index (χ1v) is 9.59. The van der Waals surface area contributed by atoms with E-state index in [0.29, 0.717) is 12.1 Å². The lowest BCUT2D eigenvalue weighted by Gasteiger charge is -2.10. The Kier molecular flexibility index (Phi) is 6.12. The summed E-state index contributed by atoms with van der Waals surface area (Å²) in [7, 11) is 0. The van der Waals surface area contributed by atoms with E-state index in [4.69, 9.17) is 4.52 Å². The summed E-state index contributed by atoms with van der Waals surface area (Å²) >= 11 is 1.63. The number of hydrogen-bond donors (Lipinski definition) is 1. The minimum absolute atomic E-state index is 0.0391. The fraction of sp³-hybridized carbons (Fsp3) is 0.238. The van der Waals surface area contributed by atoms with Gasteiger partial charge >= 0.3 is 0 Å². The van der Waals surface area contributed by atoms with Gasteiger partial charge in [0, 0.05) is 22.8 Å². The standard InChI is InChI=1S/C21H22N2O2S/c1-15-19(16(2)25-23-15)14-26-20-11-7-6-10-18(20)21(24)22-13-12-17-8-4-3-5-9-17/h3-11H,12-14H2,1-2H3,(H,22,24). The van der Waals surface area contributed by atoms with E-state index in [1.54, 1.807) is 11.8 Å². The lowest BCUT2D eigenvalue weighted by Crippen LogP contribution is -2.26. The van der Waals surface area contributed by atoms with E-state index in [-0.39, 0.29) is 5.91 Å². The van der Waals surface area contributed by atoms with Crippen molar-refractivity contribution >= 4 is 17.7 Å². The fourth-order valence-electron chi connectivity index (χ4n) is 2.70. The van der Waals surface area contributed by atoms with Crippen LogP contribution < -0.4 is 5.32 Å². The van der Waals surface area contributed by atoms with E-state index in [1.165, 1.54) is 5.56 Å².